The van der Waals surface area contributed by atoms with Gasteiger partial charge in [-0.05, 0) is 43.7 Å². The molecule has 2 aromatic rings. The van der Waals surface area contributed by atoms with Crippen LogP contribution in [0.25, 0.3) is 0 Å². The van der Waals surface area contributed by atoms with E-state index in [9.17, 15) is 4.39 Å². The van der Waals surface area contributed by atoms with Gasteiger partial charge in [0.1, 0.15) is 5.82 Å². The Labute approximate surface area is 124 Å². The van der Waals surface area contributed by atoms with Gasteiger partial charge in [-0.15, -0.1) is 10.2 Å². The number of hydrogen-bond acceptors (Lipinski definition) is 4. The Hall–Kier alpha value is -1.82. The Morgan fingerprint density at radius 2 is 2.10 bits per heavy atom. The van der Waals surface area contributed by atoms with Gasteiger partial charge in [-0.2, -0.15) is 4.80 Å². The summed E-state index contributed by atoms with van der Waals surface area (Å²) in [6.45, 7) is 7.05. The van der Waals surface area contributed by atoms with Crippen LogP contribution in [0.3, 0.4) is 0 Å². The first-order valence-corrected chi connectivity index (χ1v) is 7.07. The molecule has 0 bridgehead atoms. The highest BCUT2D eigenvalue weighted by atomic mass is 19.1. The third kappa shape index (κ3) is 4.90. The molecule has 0 saturated heterocycles. The summed E-state index contributed by atoms with van der Waals surface area (Å²) in [6, 6.07) is 6.71. The summed E-state index contributed by atoms with van der Waals surface area (Å²) in [7, 11) is 1.74. The van der Waals surface area contributed by atoms with Crippen molar-refractivity contribution in [1.29, 1.82) is 0 Å². The summed E-state index contributed by atoms with van der Waals surface area (Å²) in [4.78, 5) is 1.44. The second-order valence-corrected chi connectivity index (χ2v) is 6.28. The molecule has 1 aromatic carbocycles. The van der Waals surface area contributed by atoms with Crippen LogP contribution in [0.2, 0.25) is 0 Å². The van der Waals surface area contributed by atoms with Crippen molar-refractivity contribution in [2.45, 2.75) is 38.6 Å². The fraction of sp³-hybridized carbons (Fsp3) is 0.533. The molecular weight excluding hydrogens is 269 g/mol. The topological polar surface area (TPSA) is 55.6 Å². The molecule has 0 aliphatic carbocycles. The summed E-state index contributed by atoms with van der Waals surface area (Å²) >= 11 is 0. The van der Waals surface area contributed by atoms with Crippen molar-refractivity contribution >= 4 is 0 Å². The van der Waals surface area contributed by atoms with Crippen LogP contribution < -0.4 is 5.32 Å². The highest BCUT2D eigenvalue weighted by molar-refractivity contribution is 5.22. The first-order chi connectivity index (χ1) is 9.83. The van der Waals surface area contributed by atoms with Gasteiger partial charge in [0.25, 0.3) is 0 Å². The van der Waals surface area contributed by atoms with Gasteiger partial charge >= 0.3 is 0 Å². The number of halogens is 1. The van der Waals surface area contributed by atoms with Crippen molar-refractivity contribution in [3.05, 3.63) is 41.5 Å². The van der Waals surface area contributed by atoms with E-state index in [1.807, 2.05) is 6.07 Å². The molecule has 0 saturated carbocycles. The Morgan fingerprint density at radius 3 is 2.67 bits per heavy atom. The summed E-state index contributed by atoms with van der Waals surface area (Å²) in [5.41, 5.74) is 0.945. The van der Waals surface area contributed by atoms with Crippen LogP contribution in [-0.2, 0) is 13.5 Å². The van der Waals surface area contributed by atoms with Crippen LogP contribution in [-0.4, -0.2) is 32.3 Å². The van der Waals surface area contributed by atoms with Crippen molar-refractivity contribution in [2.24, 2.45) is 7.05 Å². The van der Waals surface area contributed by atoms with Crippen molar-refractivity contribution in [3.63, 3.8) is 0 Å². The number of aryl methyl sites for hydroxylation is 1. The number of benzene rings is 1. The maximum Gasteiger partial charge on any atom is 0.175 e. The van der Waals surface area contributed by atoms with Gasteiger partial charge in [0.15, 0.2) is 5.82 Å². The molecule has 2 rings (SSSR count). The number of tetrazole rings is 1. The maximum atomic E-state index is 13.5. The molecule has 1 aromatic heterocycles. The smallest absolute Gasteiger partial charge is 0.175 e. The number of aromatic nitrogens is 4. The predicted molar refractivity (Wildman–Crippen MR) is 79.4 cm³/mol. The molecule has 1 heterocycles. The minimum atomic E-state index is -0.222. The monoisotopic (exact) mass is 291 g/mol. The van der Waals surface area contributed by atoms with Gasteiger partial charge in [-0.3, -0.25) is 0 Å². The minimum Gasteiger partial charge on any atom is -0.311 e. The molecular formula is C15H22FN5. The van der Waals surface area contributed by atoms with Gasteiger partial charge in [0.2, 0.25) is 0 Å². The van der Waals surface area contributed by atoms with Gasteiger partial charge in [-0.1, -0.05) is 12.1 Å². The molecule has 1 unspecified atom stereocenters. The van der Waals surface area contributed by atoms with E-state index in [-0.39, 0.29) is 17.3 Å². The van der Waals surface area contributed by atoms with E-state index in [0.717, 1.165) is 12.1 Å². The van der Waals surface area contributed by atoms with Gasteiger partial charge < -0.3 is 5.32 Å². The molecule has 0 spiro atoms. The molecule has 0 aliphatic heterocycles. The summed E-state index contributed by atoms with van der Waals surface area (Å²) < 4.78 is 13.5. The fourth-order valence-corrected chi connectivity index (χ4v) is 2.12. The Bertz CT molecular complexity index is 588. The van der Waals surface area contributed by atoms with E-state index >= 15 is 0 Å². The van der Waals surface area contributed by atoms with Crippen molar-refractivity contribution in [1.82, 2.24) is 25.5 Å². The van der Waals surface area contributed by atoms with Gasteiger partial charge in [0.05, 0.1) is 7.05 Å². The molecule has 5 nitrogen and oxygen atoms in total. The minimum absolute atomic E-state index is 0.00136. The van der Waals surface area contributed by atoms with Crippen LogP contribution in [0.15, 0.2) is 24.3 Å². The standard InChI is InChI=1S/C15H22FN5/c1-15(2,3)17-10-12(9-14-18-20-21(4)19-14)11-6-5-7-13(16)8-11/h5-8,12,17H,9-10H2,1-4H3. The molecule has 0 aliphatic rings. The van der Waals surface area contributed by atoms with Crippen LogP contribution in [0.1, 0.15) is 38.1 Å². The molecule has 6 heteroatoms. The lowest BCUT2D eigenvalue weighted by Crippen LogP contribution is -2.39. The summed E-state index contributed by atoms with van der Waals surface area (Å²) in [5, 5.41) is 15.6. The lowest BCUT2D eigenvalue weighted by molar-refractivity contribution is 0.402. The van der Waals surface area contributed by atoms with E-state index in [2.05, 4.69) is 41.5 Å². The molecule has 114 valence electrons. The van der Waals surface area contributed by atoms with E-state index in [0.29, 0.717) is 12.2 Å². The van der Waals surface area contributed by atoms with E-state index in [1.54, 1.807) is 19.2 Å². The number of nitrogens with zero attached hydrogens (tertiary/aromatic N) is 4. The fourth-order valence-electron chi connectivity index (χ4n) is 2.12. The van der Waals surface area contributed by atoms with Crippen LogP contribution in [0, 0.1) is 5.82 Å². The molecule has 21 heavy (non-hydrogen) atoms. The summed E-state index contributed by atoms with van der Waals surface area (Å²) in [5.74, 6) is 0.548. The Morgan fingerprint density at radius 1 is 1.33 bits per heavy atom. The number of rotatable bonds is 5. The molecule has 0 fully saturated rings. The second-order valence-electron chi connectivity index (χ2n) is 6.28. The highest BCUT2D eigenvalue weighted by Crippen LogP contribution is 2.20. The first-order valence-electron chi connectivity index (χ1n) is 7.07. The highest BCUT2D eigenvalue weighted by Gasteiger charge is 2.19. The van der Waals surface area contributed by atoms with Gasteiger partial charge in [0, 0.05) is 24.4 Å². The van der Waals surface area contributed by atoms with Crippen LogP contribution >= 0.6 is 0 Å². The first kappa shape index (κ1) is 15.6. The average Bonchev–Trinajstić information content (AvgIpc) is 2.79. The maximum absolute atomic E-state index is 13.5. The lowest BCUT2D eigenvalue weighted by atomic mass is 9.94. The SMILES string of the molecule is Cn1nnc(CC(CNC(C)(C)C)c2cccc(F)c2)n1. The zero-order valence-corrected chi connectivity index (χ0v) is 13.0. The van der Waals surface area contributed by atoms with E-state index < -0.39 is 0 Å². The van der Waals surface area contributed by atoms with Crippen molar-refractivity contribution < 1.29 is 4.39 Å². The van der Waals surface area contributed by atoms with Crippen molar-refractivity contribution in [2.75, 3.05) is 6.54 Å². The number of hydrogen-bond donors (Lipinski definition) is 1. The second kappa shape index (κ2) is 6.30. The average molecular weight is 291 g/mol. The summed E-state index contributed by atoms with van der Waals surface area (Å²) in [6.07, 6.45) is 0.625. The Kier molecular flexibility index (Phi) is 4.67. The predicted octanol–water partition coefficient (Wildman–Crippen LogP) is 2.06. The zero-order chi connectivity index (χ0) is 15.5. The Balaban J connectivity index is 2.17. The lowest BCUT2D eigenvalue weighted by Gasteiger charge is -2.25. The van der Waals surface area contributed by atoms with E-state index in [4.69, 9.17) is 0 Å². The van der Waals surface area contributed by atoms with E-state index in [1.165, 1.54) is 10.9 Å². The molecule has 1 atom stereocenters. The normalized spacial score (nSPS) is 13.4. The van der Waals surface area contributed by atoms with Crippen LogP contribution in [0.4, 0.5) is 4.39 Å². The molecule has 0 amide bonds. The largest absolute Gasteiger partial charge is 0.311 e. The third-order valence-corrected chi connectivity index (χ3v) is 3.18. The third-order valence-electron chi connectivity index (χ3n) is 3.18. The van der Waals surface area contributed by atoms with Gasteiger partial charge in [-0.25, -0.2) is 4.39 Å². The van der Waals surface area contributed by atoms with Crippen molar-refractivity contribution in [3.8, 4) is 0 Å². The molecule has 0 radical (unpaired) electrons. The number of nitrogens with one attached hydrogen (secondary N) is 1. The molecule has 1 N–H and O–H groups in total. The zero-order valence-electron chi connectivity index (χ0n) is 13.0. The van der Waals surface area contributed by atoms with Crippen LogP contribution in [0.5, 0.6) is 0 Å². The quantitative estimate of drug-likeness (QED) is 0.916.